The summed E-state index contributed by atoms with van der Waals surface area (Å²) in [4.78, 5) is 12.3. The maximum absolute atomic E-state index is 12.3. The molecule has 1 fully saturated rings. The maximum atomic E-state index is 12.3. The van der Waals surface area contributed by atoms with Crippen molar-refractivity contribution in [1.29, 1.82) is 0 Å². The third-order valence-corrected chi connectivity index (χ3v) is 3.68. The number of nitrogens with one attached hydrogen (secondary N) is 1. The molecule has 0 radical (unpaired) electrons. The minimum Gasteiger partial charge on any atom is -0.384 e. The van der Waals surface area contributed by atoms with Crippen LogP contribution in [0.5, 0.6) is 0 Å². The normalized spacial score (nSPS) is 21.1. The molecule has 1 saturated carbocycles. The van der Waals surface area contributed by atoms with E-state index in [0.29, 0.717) is 17.5 Å². The fraction of sp³-hybridized carbons (Fsp3) is 0.471. The minimum atomic E-state index is -0.171. The Morgan fingerprint density at radius 1 is 1.40 bits per heavy atom. The van der Waals surface area contributed by atoms with Crippen LogP contribution < -0.4 is 5.32 Å². The zero-order valence-corrected chi connectivity index (χ0v) is 12.1. The molecule has 0 aromatic heterocycles. The summed E-state index contributed by atoms with van der Waals surface area (Å²) in [5, 5.41) is 11.8. The van der Waals surface area contributed by atoms with Crippen molar-refractivity contribution in [2.24, 2.45) is 5.92 Å². The molecular formula is C17H21NO2. The highest BCUT2D eigenvalue weighted by molar-refractivity contribution is 5.95. The molecule has 2 rings (SSSR count). The van der Waals surface area contributed by atoms with E-state index in [1.54, 1.807) is 6.07 Å². The average molecular weight is 271 g/mol. The van der Waals surface area contributed by atoms with Crippen LogP contribution in [0.3, 0.4) is 0 Å². The number of carbonyl (C=O) groups is 1. The van der Waals surface area contributed by atoms with E-state index in [1.807, 2.05) is 19.1 Å². The van der Waals surface area contributed by atoms with Gasteiger partial charge >= 0.3 is 0 Å². The molecule has 0 heterocycles. The molecule has 0 bridgehead atoms. The quantitative estimate of drug-likeness (QED) is 0.811. The van der Waals surface area contributed by atoms with Crippen molar-refractivity contribution in [3.63, 3.8) is 0 Å². The first kappa shape index (κ1) is 14.6. The monoisotopic (exact) mass is 271 g/mol. The molecule has 1 amide bonds. The van der Waals surface area contributed by atoms with E-state index in [-0.39, 0.29) is 12.5 Å². The highest BCUT2D eigenvalue weighted by Crippen LogP contribution is 2.24. The number of amides is 1. The van der Waals surface area contributed by atoms with Crippen LogP contribution in [0.4, 0.5) is 0 Å². The van der Waals surface area contributed by atoms with E-state index in [4.69, 9.17) is 5.11 Å². The number of carbonyl (C=O) groups excluding carboxylic acids is 1. The lowest BCUT2D eigenvalue weighted by Crippen LogP contribution is -2.32. The van der Waals surface area contributed by atoms with Crippen molar-refractivity contribution in [3.8, 4) is 11.8 Å². The van der Waals surface area contributed by atoms with Gasteiger partial charge in [0.1, 0.15) is 6.61 Å². The van der Waals surface area contributed by atoms with Crippen molar-refractivity contribution in [2.75, 3.05) is 6.61 Å². The van der Waals surface area contributed by atoms with Gasteiger partial charge in [0.05, 0.1) is 0 Å². The SMILES string of the molecule is Cc1cc(C#CCO)cc(C(=O)NC2CCC(C)C2)c1. The summed E-state index contributed by atoms with van der Waals surface area (Å²) in [5.41, 5.74) is 2.41. The summed E-state index contributed by atoms with van der Waals surface area (Å²) in [5.74, 6) is 6.13. The zero-order valence-electron chi connectivity index (χ0n) is 12.1. The summed E-state index contributed by atoms with van der Waals surface area (Å²) in [6.07, 6.45) is 3.32. The van der Waals surface area contributed by atoms with Crippen LogP contribution in [-0.4, -0.2) is 23.7 Å². The Balaban J connectivity index is 2.11. The lowest BCUT2D eigenvalue weighted by Gasteiger charge is -2.13. The van der Waals surface area contributed by atoms with E-state index in [0.717, 1.165) is 24.0 Å². The molecule has 106 valence electrons. The lowest BCUT2D eigenvalue weighted by molar-refractivity contribution is 0.0937. The second-order valence-corrected chi connectivity index (χ2v) is 5.64. The molecule has 1 aliphatic carbocycles. The Morgan fingerprint density at radius 2 is 2.20 bits per heavy atom. The molecule has 3 heteroatoms. The summed E-state index contributed by atoms with van der Waals surface area (Å²) >= 11 is 0. The highest BCUT2D eigenvalue weighted by Gasteiger charge is 2.23. The van der Waals surface area contributed by atoms with Gasteiger partial charge in [-0.25, -0.2) is 0 Å². The Labute approximate surface area is 120 Å². The number of hydrogen-bond acceptors (Lipinski definition) is 2. The van der Waals surface area contributed by atoms with Gasteiger partial charge in [0.2, 0.25) is 0 Å². The van der Waals surface area contributed by atoms with Gasteiger partial charge in [0.25, 0.3) is 5.91 Å². The summed E-state index contributed by atoms with van der Waals surface area (Å²) in [6, 6.07) is 5.86. The predicted octanol–water partition coefficient (Wildman–Crippen LogP) is 2.26. The molecule has 0 aliphatic heterocycles. The second kappa shape index (κ2) is 6.58. The van der Waals surface area contributed by atoms with Crippen molar-refractivity contribution >= 4 is 5.91 Å². The largest absolute Gasteiger partial charge is 0.384 e. The number of hydrogen-bond donors (Lipinski definition) is 2. The first-order valence-electron chi connectivity index (χ1n) is 7.10. The Kier molecular flexibility index (Phi) is 4.81. The van der Waals surface area contributed by atoms with Gasteiger partial charge in [-0.15, -0.1) is 0 Å². The Morgan fingerprint density at radius 3 is 2.85 bits per heavy atom. The average Bonchev–Trinajstić information content (AvgIpc) is 2.81. The van der Waals surface area contributed by atoms with Crippen molar-refractivity contribution in [3.05, 3.63) is 34.9 Å². The third-order valence-electron chi connectivity index (χ3n) is 3.68. The van der Waals surface area contributed by atoms with Crippen LogP contribution in [0.2, 0.25) is 0 Å². The van der Waals surface area contributed by atoms with Gasteiger partial charge < -0.3 is 10.4 Å². The molecular weight excluding hydrogens is 250 g/mol. The van der Waals surface area contributed by atoms with Crippen molar-refractivity contribution < 1.29 is 9.90 Å². The molecule has 0 spiro atoms. The number of benzene rings is 1. The number of aliphatic hydroxyl groups excluding tert-OH is 1. The highest BCUT2D eigenvalue weighted by atomic mass is 16.2. The van der Waals surface area contributed by atoms with E-state index in [1.165, 1.54) is 6.42 Å². The third kappa shape index (κ3) is 3.85. The maximum Gasteiger partial charge on any atom is 0.251 e. The van der Waals surface area contributed by atoms with Gasteiger partial charge in [-0.1, -0.05) is 18.8 Å². The fourth-order valence-electron chi connectivity index (χ4n) is 2.73. The zero-order chi connectivity index (χ0) is 14.5. The first-order valence-corrected chi connectivity index (χ1v) is 7.10. The van der Waals surface area contributed by atoms with Crippen LogP contribution in [0, 0.1) is 24.7 Å². The molecule has 2 unspecified atom stereocenters. The number of aliphatic hydroxyl groups is 1. The second-order valence-electron chi connectivity index (χ2n) is 5.64. The molecule has 0 saturated heterocycles. The van der Waals surface area contributed by atoms with E-state index in [9.17, 15) is 4.79 Å². The standard InChI is InChI=1S/C17H21NO2/c1-12-5-6-16(10-12)18-17(20)15-9-13(2)8-14(11-15)4-3-7-19/h8-9,11-12,16,19H,5-7,10H2,1-2H3,(H,18,20). The van der Waals surface area contributed by atoms with Crippen molar-refractivity contribution in [2.45, 2.75) is 39.2 Å². The molecule has 3 nitrogen and oxygen atoms in total. The Hall–Kier alpha value is -1.79. The summed E-state index contributed by atoms with van der Waals surface area (Å²) in [6.45, 7) is 4.00. The summed E-state index contributed by atoms with van der Waals surface area (Å²) < 4.78 is 0. The molecule has 1 aliphatic rings. The number of rotatable bonds is 2. The van der Waals surface area contributed by atoms with Crippen molar-refractivity contribution in [1.82, 2.24) is 5.32 Å². The van der Waals surface area contributed by atoms with Gasteiger partial charge in [0.15, 0.2) is 0 Å². The van der Waals surface area contributed by atoms with Crippen LogP contribution in [0.25, 0.3) is 0 Å². The first-order chi connectivity index (χ1) is 9.58. The van der Waals surface area contributed by atoms with Gasteiger partial charge in [-0.2, -0.15) is 0 Å². The molecule has 1 aromatic carbocycles. The Bertz CT molecular complexity index is 554. The molecule has 2 N–H and O–H groups in total. The molecule has 2 atom stereocenters. The van der Waals surface area contributed by atoms with E-state index < -0.39 is 0 Å². The van der Waals surface area contributed by atoms with E-state index in [2.05, 4.69) is 24.1 Å². The summed E-state index contributed by atoms with van der Waals surface area (Å²) in [7, 11) is 0. The molecule has 1 aromatic rings. The smallest absolute Gasteiger partial charge is 0.251 e. The number of aryl methyl sites for hydroxylation is 1. The van der Waals surface area contributed by atoms with Crippen LogP contribution >= 0.6 is 0 Å². The van der Waals surface area contributed by atoms with Crippen LogP contribution in [-0.2, 0) is 0 Å². The van der Waals surface area contributed by atoms with Crippen LogP contribution in [0.1, 0.15) is 47.7 Å². The topological polar surface area (TPSA) is 49.3 Å². The minimum absolute atomic E-state index is 0.0279. The lowest BCUT2D eigenvalue weighted by atomic mass is 10.1. The van der Waals surface area contributed by atoms with Crippen LogP contribution in [0.15, 0.2) is 18.2 Å². The predicted molar refractivity (Wildman–Crippen MR) is 79.4 cm³/mol. The van der Waals surface area contributed by atoms with E-state index >= 15 is 0 Å². The fourth-order valence-corrected chi connectivity index (χ4v) is 2.73. The molecule has 20 heavy (non-hydrogen) atoms. The van der Waals surface area contributed by atoms with Gasteiger partial charge in [0, 0.05) is 17.2 Å². The van der Waals surface area contributed by atoms with Gasteiger partial charge in [-0.3, -0.25) is 4.79 Å². The van der Waals surface area contributed by atoms with Gasteiger partial charge in [-0.05, 0) is 55.9 Å².